The average Bonchev–Trinajstić information content (AvgIpc) is 2.37. The van der Waals surface area contributed by atoms with E-state index in [4.69, 9.17) is 9.05 Å². The number of ether oxygens (including phenoxy) is 2. The first-order valence-electron chi connectivity index (χ1n) is 4.67. The normalized spacial score (nSPS) is 12.1. The van der Waals surface area contributed by atoms with Crippen LogP contribution in [-0.4, -0.2) is 40.4 Å². The summed E-state index contributed by atoms with van der Waals surface area (Å²) in [5.41, 5.74) is 0. The van der Waals surface area contributed by atoms with Gasteiger partial charge in [0.15, 0.2) is 0 Å². The van der Waals surface area contributed by atoms with Crippen molar-refractivity contribution >= 4 is 30.1 Å². The lowest BCUT2D eigenvalue weighted by Crippen LogP contribution is -2.03. The van der Waals surface area contributed by atoms with Crippen molar-refractivity contribution in [2.24, 2.45) is 0 Å². The minimum Gasteiger partial charge on any atom is -0.469 e. The highest BCUT2D eigenvalue weighted by atomic mass is 32.7. The Morgan fingerprint density at radius 1 is 1.11 bits per heavy atom. The molecule has 0 spiro atoms. The molecular weight excluding hydrogens is 283 g/mol. The van der Waals surface area contributed by atoms with E-state index < -0.39 is 18.7 Å². The molecule has 0 radical (unpaired) electrons. The molecule has 0 amide bonds. The van der Waals surface area contributed by atoms with Crippen LogP contribution in [0.5, 0.6) is 0 Å². The van der Waals surface area contributed by atoms with Crippen LogP contribution in [0.4, 0.5) is 0 Å². The minimum atomic E-state index is -3.44. The number of methoxy groups -OCH3 is 2. The van der Waals surface area contributed by atoms with Crippen LogP contribution in [0.25, 0.3) is 0 Å². The molecule has 0 aliphatic heterocycles. The van der Waals surface area contributed by atoms with Crippen molar-refractivity contribution < 1.29 is 32.7 Å². The van der Waals surface area contributed by atoms with Crippen molar-refractivity contribution in [3.63, 3.8) is 0 Å². The maximum absolute atomic E-state index is 11.9. The fraction of sp³-hybridized carbons (Fsp3) is 0.556. The van der Waals surface area contributed by atoms with Gasteiger partial charge in [-0.15, -0.1) is 0 Å². The van der Waals surface area contributed by atoms with E-state index in [-0.39, 0.29) is 11.3 Å². The lowest BCUT2D eigenvalue weighted by atomic mass is 10.4. The summed E-state index contributed by atoms with van der Waals surface area (Å²) in [7, 11) is 4.79. The van der Waals surface area contributed by atoms with Crippen LogP contribution in [0.3, 0.4) is 0 Å². The number of hydrogen-bond acceptors (Lipinski definition) is 8. The second kappa shape index (κ2) is 8.31. The molecule has 0 aromatic rings. The van der Waals surface area contributed by atoms with Gasteiger partial charge in [-0.25, -0.2) is 9.36 Å². The zero-order chi connectivity index (χ0) is 14.2. The van der Waals surface area contributed by atoms with E-state index in [1.165, 1.54) is 28.4 Å². The second-order valence-electron chi connectivity index (χ2n) is 2.79. The van der Waals surface area contributed by atoms with E-state index in [0.717, 1.165) is 6.08 Å². The van der Waals surface area contributed by atoms with Gasteiger partial charge in [-0.2, -0.15) is 0 Å². The molecule has 0 saturated heterocycles. The number of hydrogen-bond donors (Lipinski definition) is 0. The van der Waals surface area contributed by atoms with Crippen LogP contribution in [0.1, 0.15) is 6.42 Å². The van der Waals surface area contributed by atoms with Crippen molar-refractivity contribution in [1.82, 2.24) is 0 Å². The first-order valence-corrected chi connectivity index (χ1v) is 7.63. The molecular formula is C9H15O7PS. The largest absolute Gasteiger partial charge is 0.469 e. The molecule has 7 nitrogen and oxygen atoms in total. The standard InChI is InChI=1S/C9H15O7PS/c1-13-8(10)5-7(6-9(11)14-2)18-17(12,15-3)16-4/h5H,6H2,1-4H3. The molecule has 0 rings (SSSR count). The maximum atomic E-state index is 11.9. The van der Waals surface area contributed by atoms with Gasteiger partial charge in [0.25, 0.3) is 0 Å². The fourth-order valence-electron chi connectivity index (χ4n) is 0.807. The predicted octanol–water partition coefficient (Wildman–Crippen LogP) is 1.74. The van der Waals surface area contributed by atoms with Gasteiger partial charge in [-0.3, -0.25) is 4.79 Å². The highest BCUT2D eigenvalue weighted by Gasteiger charge is 2.26. The van der Waals surface area contributed by atoms with Gasteiger partial charge in [0.05, 0.1) is 20.6 Å². The van der Waals surface area contributed by atoms with E-state index in [2.05, 4.69) is 9.47 Å². The Morgan fingerprint density at radius 3 is 2.06 bits per heavy atom. The summed E-state index contributed by atoms with van der Waals surface area (Å²) in [4.78, 5) is 22.4. The van der Waals surface area contributed by atoms with Gasteiger partial charge in [0, 0.05) is 25.2 Å². The summed E-state index contributed by atoms with van der Waals surface area (Å²) in [6.45, 7) is -3.44. The van der Waals surface area contributed by atoms with E-state index >= 15 is 0 Å². The smallest absolute Gasteiger partial charge is 0.393 e. The molecule has 104 valence electrons. The molecule has 9 heteroatoms. The summed E-state index contributed by atoms with van der Waals surface area (Å²) < 4.78 is 30.2. The average molecular weight is 298 g/mol. The lowest BCUT2D eigenvalue weighted by molar-refractivity contribution is -0.139. The first-order chi connectivity index (χ1) is 8.40. The van der Waals surface area contributed by atoms with Crippen LogP contribution in [0, 0.1) is 0 Å². The molecule has 0 unspecified atom stereocenters. The third kappa shape index (κ3) is 6.20. The second-order valence-corrected chi connectivity index (χ2v) is 7.01. The summed E-state index contributed by atoms with van der Waals surface area (Å²) in [6.07, 6.45) is 0.805. The zero-order valence-corrected chi connectivity index (χ0v) is 12.2. The zero-order valence-electron chi connectivity index (χ0n) is 10.5. The van der Waals surface area contributed by atoms with Crippen LogP contribution in [-0.2, 0) is 32.7 Å². The van der Waals surface area contributed by atoms with E-state index in [1.54, 1.807) is 0 Å². The Kier molecular flexibility index (Phi) is 7.93. The van der Waals surface area contributed by atoms with Gasteiger partial charge in [0.1, 0.15) is 0 Å². The lowest BCUT2D eigenvalue weighted by Gasteiger charge is -2.13. The molecule has 0 aromatic carbocycles. The third-order valence-corrected chi connectivity index (χ3v) is 5.59. The van der Waals surface area contributed by atoms with Crippen LogP contribution < -0.4 is 0 Å². The summed E-state index contributed by atoms with van der Waals surface area (Å²) in [5, 5.41) is 0. The van der Waals surface area contributed by atoms with Crippen molar-refractivity contribution in [1.29, 1.82) is 0 Å². The number of carbonyl (C=O) groups excluding carboxylic acids is 2. The van der Waals surface area contributed by atoms with Gasteiger partial charge >= 0.3 is 18.7 Å². The van der Waals surface area contributed by atoms with Gasteiger partial charge in [-0.05, 0) is 11.4 Å². The SMILES string of the molecule is COC(=O)C=C(CC(=O)OC)SP(=O)(OC)OC. The van der Waals surface area contributed by atoms with Crippen molar-refractivity contribution in [2.75, 3.05) is 28.4 Å². The van der Waals surface area contributed by atoms with E-state index in [1.807, 2.05) is 0 Å². The maximum Gasteiger partial charge on any atom is 0.393 e. The minimum absolute atomic E-state index is 0.167. The van der Waals surface area contributed by atoms with Gasteiger partial charge in [-0.1, -0.05) is 0 Å². The first kappa shape index (κ1) is 17.2. The molecule has 0 aromatic heterocycles. The molecule has 0 aliphatic rings. The topological polar surface area (TPSA) is 88.1 Å². The summed E-state index contributed by atoms with van der Waals surface area (Å²) >= 11 is 0.650. The molecule has 0 N–H and O–H groups in total. The Balaban J connectivity index is 4.99. The van der Waals surface area contributed by atoms with Crippen LogP contribution in [0.2, 0.25) is 0 Å². The Labute approximate surface area is 109 Å². The molecule has 18 heavy (non-hydrogen) atoms. The monoisotopic (exact) mass is 298 g/mol. The number of carbonyl (C=O) groups is 2. The van der Waals surface area contributed by atoms with E-state index in [0.29, 0.717) is 11.4 Å². The molecule has 0 bridgehead atoms. The van der Waals surface area contributed by atoms with E-state index in [9.17, 15) is 14.2 Å². The van der Waals surface area contributed by atoms with Crippen molar-refractivity contribution in [2.45, 2.75) is 6.42 Å². The van der Waals surface area contributed by atoms with Gasteiger partial charge < -0.3 is 18.5 Å². The highest BCUT2D eigenvalue weighted by molar-refractivity contribution is 8.57. The van der Waals surface area contributed by atoms with Crippen molar-refractivity contribution in [3.05, 3.63) is 11.0 Å². The highest BCUT2D eigenvalue weighted by Crippen LogP contribution is 2.62. The summed E-state index contributed by atoms with van der Waals surface area (Å²) in [6, 6.07) is 0. The third-order valence-electron chi connectivity index (χ3n) is 1.70. The molecule has 0 atom stereocenters. The number of rotatable bonds is 7. The quantitative estimate of drug-likeness (QED) is 0.399. The molecule has 0 aliphatic carbocycles. The predicted molar refractivity (Wildman–Crippen MR) is 65.9 cm³/mol. The van der Waals surface area contributed by atoms with Crippen molar-refractivity contribution in [3.8, 4) is 0 Å². The molecule has 0 saturated carbocycles. The Morgan fingerprint density at radius 2 is 1.67 bits per heavy atom. The number of esters is 2. The Bertz CT molecular complexity index is 371. The van der Waals surface area contributed by atoms with Crippen LogP contribution >= 0.6 is 18.2 Å². The fourth-order valence-corrected chi connectivity index (χ4v) is 3.38. The van der Waals surface area contributed by atoms with Gasteiger partial charge in [0.2, 0.25) is 0 Å². The van der Waals surface area contributed by atoms with Crippen LogP contribution in [0.15, 0.2) is 11.0 Å². The molecule has 0 heterocycles. The molecule has 0 fully saturated rings. The summed E-state index contributed by atoms with van der Waals surface area (Å²) in [5.74, 6) is -1.27. The Hall–Kier alpha value is -0.820.